The van der Waals surface area contributed by atoms with Gasteiger partial charge in [0.1, 0.15) is 0 Å². The summed E-state index contributed by atoms with van der Waals surface area (Å²) in [5.74, 6) is 0. The van der Waals surface area contributed by atoms with Crippen molar-refractivity contribution in [3.8, 4) is 0 Å². The molecule has 2 aliphatic rings. The summed E-state index contributed by atoms with van der Waals surface area (Å²) in [6, 6.07) is 20.8. The van der Waals surface area contributed by atoms with Crippen LogP contribution in [0.1, 0.15) is 55.2 Å². The second-order valence-corrected chi connectivity index (χ2v) is 17.3. The van der Waals surface area contributed by atoms with Crippen LogP contribution >= 0.6 is 31.9 Å². The van der Waals surface area contributed by atoms with E-state index >= 15 is 0 Å². The summed E-state index contributed by atoms with van der Waals surface area (Å²) in [6.07, 6.45) is 4.48. The number of aryl methyl sites for hydroxylation is 2. The third kappa shape index (κ3) is 14.2. The Hall–Kier alpha value is -2.88. The summed E-state index contributed by atoms with van der Waals surface area (Å²) in [6.45, 7) is 6.22. The zero-order chi connectivity index (χ0) is 38.0. The second-order valence-electron chi connectivity index (χ2n) is 11.8. The Balaban J connectivity index is 0.000000317. The first-order valence-corrected chi connectivity index (χ1v) is 20.5. The van der Waals surface area contributed by atoms with E-state index < -0.39 is 20.0 Å². The molecule has 2 fully saturated rings. The number of aliphatic hydroxyl groups excluding tert-OH is 1. The Morgan fingerprint density at radius 2 is 1.14 bits per heavy atom. The van der Waals surface area contributed by atoms with Crippen LogP contribution in [0.15, 0.2) is 85.5 Å². The molecule has 0 spiro atoms. The van der Waals surface area contributed by atoms with Gasteiger partial charge < -0.3 is 9.84 Å². The molecule has 0 aliphatic carbocycles. The van der Waals surface area contributed by atoms with Gasteiger partial charge in [0.2, 0.25) is 20.0 Å². The fourth-order valence-electron chi connectivity index (χ4n) is 5.42. The van der Waals surface area contributed by atoms with Crippen LogP contribution in [0.3, 0.4) is 0 Å². The average Bonchev–Trinajstić information content (AvgIpc) is 3.48. The van der Waals surface area contributed by atoms with Gasteiger partial charge in [-0.3, -0.25) is 0 Å². The first-order valence-electron chi connectivity index (χ1n) is 16.1. The summed E-state index contributed by atoms with van der Waals surface area (Å²) in [5.41, 5.74) is 2.99. The normalized spacial score (nSPS) is 18.4. The van der Waals surface area contributed by atoms with Gasteiger partial charge in [0.15, 0.2) is 0 Å². The molecular formula is C35H42Br2N2O10S2. The summed E-state index contributed by atoms with van der Waals surface area (Å²) in [4.78, 5) is 33.2. The number of nitrogens with zero attached hydrogens (tertiary/aromatic N) is 2. The van der Waals surface area contributed by atoms with Gasteiger partial charge in [-0.25, -0.2) is 16.8 Å². The lowest BCUT2D eigenvalue weighted by atomic mass is 10.1. The van der Waals surface area contributed by atoms with Crippen molar-refractivity contribution in [2.24, 2.45) is 0 Å². The van der Waals surface area contributed by atoms with E-state index in [4.69, 9.17) is 23.9 Å². The van der Waals surface area contributed by atoms with E-state index in [1.54, 1.807) is 28.6 Å². The van der Waals surface area contributed by atoms with Crippen molar-refractivity contribution < 1.29 is 45.9 Å². The Kier molecular flexibility index (Phi) is 19.3. The lowest BCUT2D eigenvalue weighted by Crippen LogP contribution is -2.32. The minimum Gasteiger partial charge on any atom is -0.393 e. The Morgan fingerprint density at radius 1 is 0.686 bits per heavy atom. The van der Waals surface area contributed by atoms with E-state index in [-0.39, 0.29) is 24.5 Å². The molecule has 2 atom stereocenters. The molecule has 2 unspecified atom stereocenters. The Bertz CT molecular complexity index is 1820. The van der Waals surface area contributed by atoms with Crippen LogP contribution in [-0.2, 0) is 50.6 Å². The fraction of sp³-hybridized carbons (Fsp3) is 0.429. The fourth-order valence-corrected chi connectivity index (χ4v) is 10.4. The maximum atomic E-state index is 13.1. The van der Waals surface area contributed by atoms with E-state index in [1.165, 1.54) is 4.31 Å². The third-order valence-corrected chi connectivity index (χ3v) is 13.8. The first kappa shape index (κ1) is 44.3. The number of hydrogen-bond acceptors (Lipinski definition) is 10. The quantitative estimate of drug-likeness (QED) is 0.313. The molecule has 3 aromatic carbocycles. The molecule has 0 radical (unpaired) electrons. The summed E-state index contributed by atoms with van der Waals surface area (Å²) >= 11 is 6.69. The van der Waals surface area contributed by atoms with Gasteiger partial charge >= 0.3 is 12.3 Å². The molecule has 278 valence electrons. The number of ether oxygens (including phenoxy) is 1. The van der Waals surface area contributed by atoms with Crippen LogP contribution in [0.2, 0.25) is 0 Å². The van der Waals surface area contributed by atoms with Crippen LogP contribution in [0, 0.1) is 13.8 Å². The summed E-state index contributed by atoms with van der Waals surface area (Å²) < 4.78 is 61.7. The monoisotopic (exact) mass is 872 g/mol. The predicted molar refractivity (Wildman–Crippen MR) is 194 cm³/mol. The number of rotatable bonds is 7. The minimum absolute atomic E-state index is 0.0938. The van der Waals surface area contributed by atoms with Crippen molar-refractivity contribution in [1.29, 1.82) is 0 Å². The number of aliphatic hydroxyl groups is 1. The molecule has 3 aromatic rings. The van der Waals surface area contributed by atoms with E-state index in [0.717, 1.165) is 36.0 Å². The number of hydrogen-bond donors (Lipinski definition) is 1. The second kappa shape index (κ2) is 22.2. The Labute approximate surface area is 316 Å². The molecule has 5 rings (SSSR count). The summed E-state index contributed by atoms with van der Waals surface area (Å²) in [7, 11) is -6.98. The lowest BCUT2D eigenvalue weighted by molar-refractivity contribution is -0.193. The number of benzene rings is 3. The molecule has 12 nitrogen and oxygen atoms in total. The maximum Gasteiger partial charge on any atom is 0.373 e. The van der Waals surface area contributed by atoms with Crippen LogP contribution in [0.5, 0.6) is 0 Å². The van der Waals surface area contributed by atoms with Crippen molar-refractivity contribution in [2.45, 2.75) is 81.0 Å². The van der Waals surface area contributed by atoms with Gasteiger partial charge in [-0.15, -0.1) is 0 Å². The molecular weight excluding hydrogens is 832 g/mol. The van der Waals surface area contributed by atoms with Gasteiger partial charge in [-0.1, -0.05) is 42.5 Å². The molecule has 1 N–H and O–H groups in total. The van der Waals surface area contributed by atoms with Crippen LogP contribution in [-0.4, -0.2) is 81.2 Å². The highest BCUT2D eigenvalue weighted by Gasteiger charge is 2.30. The third-order valence-electron chi connectivity index (χ3n) is 8.03. The van der Waals surface area contributed by atoms with Gasteiger partial charge in [0.25, 0.3) is 0 Å². The van der Waals surface area contributed by atoms with E-state index in [2.05, 4.69) is 31.9 Å². The maximum absolute atomic E-state index is 13.1. The standard InChI is InChI=1S/C20H24BrNO3S.C13H18BrNO3S.2CO2/c1-16-9-10-19(21)20(14-16)26(23,24)22-12-5-8-18(11-13-22)25-15-17-6-3-2-4-7-17;1-10-4-5-12(14)13(9-10)19(17,18)15-7-2-3-11(16)6-8-15;2*2-1-3/h2-4,6-7,9-10,14,18H,5,8,11-13,15H2,1H3;4-5,9,11,16H,2-3,6-8H2,1H3;;. The predicted octanol–water partition coefficient (Wildman–Crippen LogP) is 5.64. The highest BCUT2D eigenvalue weighted by atomic mass is 79.9. The largest absolute Gasteiger partial charge is 0.393 e. The molecule has 2 heterocycles. The van der Waals surface area contributed by atoms with Gasteiger partial charge in [0.05, 0.1) is 28.6 Å². The number of carbonyl (C=O) groups excluding carboxylic acids is 4. The lowest BCUT2D eigenvalue weighted by Gasteiger charge is -2.21. The molecule has 16 heteroatoms. The van der Waals surface area contributed by atoms with Crippen molar-refractivity contribution >= 4 is 64.2 Å². The van der Waals surface area contributed by atoms with Crippen molar-refractivity contribution in [1.82, 2.24) is 8.61 Å². The molecule has 0 amide bonds. The highest BCUT2D eigenvalue weighted by molar-refractivity contribution is 9.10. The molecule has 2 aliphatic heterocycles. The highest BCUT2D eigenvalue weighted by Crippen LogP contribution is 2.29. The van der Waals surface area contributed by atoms with E-state index in [1.807, 2.05) is 56.3 Å². The van der Waals surface area contributed by atoms with Crippen LogP contribution < -0.4 is 0 Å². The molecule has 2 saturated heterocycles. The van der Waals surface area contributed by atoms with E-state index in [0.29, 0.717) is 70.8 Å². The number of halogens is 2. The van der Waals surface area contributed by atoms with Crippen molar-refractivity contribution in [3.05, 3.63) is 92.4 Å². The van der Waals surface area contributed by atoms with E-state index in [9.17, 15) is 21.9 Å². The van der Waals surface area contributed by atoms with Gasteiger partial charge in [-0.2, -0.15) is 27.8 Å². The molecule has 0 bridgehead atoms. The van der Waals surface area contributed by atoms with Crippen LogP contribution in [0.25, 0.3) is 0 Å². The average molecular weight is 875 g/mol. The molecule has 0 saturated carbocycles. The SMILES string of the molecule is Cc1ccc(Br)c(S(=O)(=O)N2CCCC(O)CC2)c1.Cc1ccc(Br)c(S(=O)(=O)N2CCCC(OCc3ccccc3)CC2)c1.O=C=O.O=C=O. The smallest absolute Gasteiger partial charge is 0.373 e. The number of sulfonamides is 2. The minimum atomic E-state index is -3.50. The van der Waals surface area contributed by atoms with Crippen LogP contribution in [0.4, 0.5) is 0 Å². The zero-order valence-corrected chi connectivity index (χ0v) is 33.2. The van der Waals surface area contributed by atoms with Crippen molar-refractivity contribution in [2.75, 3.05) is 26.2 Å². The van der Waals surface area contributed by atoms with Gasteiger partial charge in [0, 0.05) is 35.1 Å². The zero-order valence-electron chi connectivity index (χ0n) is 28.4. The summed E-state index contributed by atoms with van der Waals surface area (Å²) in [5, 5.41) is 9.61. The first-order chi connectivity index (χ1) is 24.2. The topological polar surface area (TPSA) is 172 Å². The Morgan fingerprint density at radius 3 is 1.63 bits per heavy atom. The molecule has 51 heavy (non-hydrogen) atoms. The van der Waals surface area contributed by atoms with Crippen molar-refractivity contribution in [3.63, 3.8) is 0 Å². The molecule has 0 aromatic heterocycles. The van der Waals surface area contributed by atoms with Gasteiger partial charge in [-0.05, 0) is 125 Å².